The topological polar surface area (TPSA) is 72.9 Å². The van der Waals surface area contributed by atoms with E-state index in [0.29, 0.717) is 25.3 Å². The van der Waals surface area contributed by atoms with Gasteiger partial charge in [-0.05, 0) is 42.9 Å². The molecule has 1 atom stereocenters. The number of hydrogen-bond donors (Lipinski definition) is 2. The molecule has 1 aromatic carbocycles. The number of aryl methyl sites for hydroxylation is 1. The van der Waals surface area contributed by atoms with Crippen LogP contribution in [-0.2, 0) is 11.2 Å². The van der Waals surface area contributed by atoms with E-state index in [1.807, 2.05) is 47.4 Å². The number of aromatic nitrogens is 2. The van der Waals surface area contributed by atoms with Crippen LogP contribution in [0.4, 0.5) is 0 Å². The molecule has 1 amide bonds. The van der Waals surface area contributed by atoms with E-state index in [-0.39, 0.29) is 11.9 Å². The van der Waals surface area contributed by atoms with Gasteiger partial charge in [-0.15, -0.1) is 0 Å². The minimum atomic E-state index is 0.0589. The molecule has 0 aliphatic heterocycles. The Bertz CT molecular complexity index is 619. The van der Waals surface area contributed by atoms with E-state index in [4.69, 9.17) is 5.73 Å². The van der Waals surface area contributed by atoms with Crippen LogP contribution >= 0.6 is 0 Å². The highest BCUT2D eigenvalue weighted by atomic mass is 16.1. The second-order valence-corrected chi connectivity index (χ2v) is 5.93. The molecule has 0 radical (unpaired) electrons. The van der Waals surface area contributed by atoms with Crippen LogP contribution in [0.25, 0.3) is 5.69 Å². The predicted octanol–water partition coefficient (Wildman–Crippen LogP) is 1.66. The minimum Gasteiger partial charge on any atom is -0.355 e. The highest BCUT2D eigenvalue weighted by Crippen LogP contribution is 2.31. The van der Waals surface area contributed by atoms with Crippen molar-refractivity contribution in [2.24, 2.45) is 11.7 Å². The number of rotatable bonds is 7. The molecule has 0 bridgehead atoms. The summed E-state index contributed by atoms with van der Waals surface area (Å²) in [6, 6.07) is 10.1. The van der Waals surface area contributed by atoms with Crippen LogP contribution in [-0.4, -0.2) is 28.3 Å². The van der Waals surface area contributed by atoms with E-state index in [0.717, 1.165) is 11.3 Å². The third-order valence-corrected chi connectivity index (χ3v) is 4.06. The highest BCUT2D eigenvalue weighted by Gasteiger charge is 2.28. The fourth-order valence-electron chi connectivity index (χ4n) is 2.48. The number of para-hydroxylation sites is 1. The van der Waals surface area contributed by atoms with E-state index < -0.39 is 0 Å². The molecule has 0 saturated heterocycles. The van der Waals surface area contributed by atoms with Crippen molar-refractivity contribution < 1.29 is 4.79 Å². The van der Waals surface area contributed by atoms with Crippen LogP contribution in [0.2, 0.25) is 0 Å². The molecule has 22 heavy (non-hydrogen) atoms. The molecule has 1 aliphatic rings. The quantitative estimate of drug-likeness (QED) is 0.816. The summed E-state index contributed by atoms with van der Waals surface area (Å²) in [5.74, 6) is 0.674. The average molecular weight is 298 g/mol. The summed E-state index contributed by atoms with van der Waals surface area (Å²) in [6.07, 6.45) is 7.36. The van der Waals surface area contributed by atoms with Crippen LogP contribution in [0.1, 0.15) is 24.8 Å². The molecule has 3 rings (SSSR count). The van der Waals surface area contributed by atoms with Gasteiger partial charge in [-0.25, -0.2) is 4.68 Å². The first-order valence-corrected chi connectivity index (χ1v) is 7.83. The fourth-order valence-corrected chi connectivity index (χ4v) is 2.48. The van der Waals surface area contributed by atoms with Crippen LogP contribution < -0.4 is 11.1 Å². The van der Waals surface area contributed by atoms with E-state index >= 15 is 0 Å². The van der Waals surface area contributed by atoms with Gasteiger partial charge < -0.3 is 11.1 Å². The smallest absolute Gasteiger partial charge is 0.220 e. The van der Waals surface area contributed by atoms with Crippen molar-refractivity contribution in [1.29, 1.82) is 0 Å². The maximum atomic E-state index is 11.8. The Morgan fingerprint density at radius 1 is 1.36 bits per heavy atom. The Labute approximate surface area is 130 Å². The van der Waals surface area contributed by atoms with Crippen molar-refractivity contribution in [3.8, 4) is 5.69 Å². The molecule has 1 saturated carbocycles. The van der Waals surface area contributed by atoms with Crippen molar-refractivity contribution in [3.63, 3.8) is 0 Å². The molecule has 3 N–H and O–H groups in total. The molecule has 0 spiro atoms. The van der Waals surface area contributed by atoms with Crippen molar-refractivity contribution in [2.75, 3.05) is 6.54 Å². The zero-order valence-corrected chi connectivity index (χ0v) is 12.6. The lowest BCUT2D eigenvalue weighted by Crippen LogP contribution is -2.38. The molecular formula is C17H22N4O. The summed E-state index contributed by atoms with van der Waals surface area (Å²) in [4.78, 5) is 11.8. The first kappa shape index (κ1) is 14.8. The normalized spacial score (nSPS) is 15.5. The number of amides is 1. The van der Waals surface area contributed by atoms with Crippen LogP contribution in [0.15, 0.2) is 42.7 Å². The molecule has 1 aliphatic carbocycles. The van der Waals surface area contributed by atoms with Gasteiger partial charge in [0, 0.05) is 25.2 Å². The SMILES string of the molecule is NC(CNC(=O)CCc1cnn(-c2ccccc2)c1)C1CC1. The van der Waals surface area contributed by atoms with E-state index in [9.17, 15) is 4.79 Å². The molecule has 1 heterocycles. The van der Waals surface area contributed by atoms with Gasteiger partial charge in [-0.2, -0.15) is 5.10 Å². The number of nitrogens with two attached hydrogens (primary N) is 1. The summed E-state index contributed by atoms with van der Waals surface area (Å²) in [7, 11) is 0. The standard InChI is InChI=1S/C17H22N4O/c18-16(14-7-8-14)11-19-17(22)9-6-13-10-20-21(12-13)15-4-2-1-3-5-15/h1-5,10,12,14,16H,6-9,11,18H2,(H,19,22). The molecule has 5 heteroatoms. The lowest BCUT2D eigenvalue weighted by molar-refractivity contribution is -0.121. The third kappa shape index (κ3) is 3.95. The van der Waals surface area contributed by atoms with Gasteiger partial charge >= 0.3 is 0 Å². The van der Waals surface area contributed by atoms with Crippen molar-refractivity contribution >= 4 is 5.91 Å². The highest BCUT2D eigenvalue weighted by molar-refractivity contribution is 5.76. The van der Waals surface area contributed by atoms with Crippen molar-refractivity contribution in [3.05, 3.63) is 48.3 Å². The monoisotopic (exact) mass is 298 g/mol. The lowest BCUT2D eigenvalue weighted by atomic mass is 10.1. The zero-order chi connectivity index (χ0) is 15.4. The summed E-state index contributed by atoms with van der Waals surface area (Å²) < 4.78 is 1.83. The van der Waals surface area contributed by atoms with Crippen molar-refractivity contribution in [1.82, 2.24) is 15.1 Å². The number of nitrogens with zero attached hydrogens (tertiary/aromatic N) is 2. The predicted molar refractivity (Wildman–Crippen MR) is 85.6 cm³/mol. The summed E-state index contributed by atoms with van der Waals surface area (Å²) in [5, 5.41) is 7.26. The maximum Gasteiger partial charge on any atom is 0.220 e. The summed E-state index contributed by atoms with van der Waals surface area (Å²) in [6.45, 7) is 0.590. The first-order chi connectivity index (χ1) is 10.7. The van der Waals surface area contributed by atoms with Gasteiger partial charge in [-0.1, -0.05) is 18.2 Å². The minimum absolute atomic E-state index is 0.0589. The Balaban J connectivity index is 1.45. The second kappa shape index (κ2) is 6.75. The summed E-state index contributed by atoms with van der Waals surface area (Å²) in [5.41, 5.74) is 8.06. The van der Waals surface area contributed by atoms with E-state index in [1.54, 1.807) is 0 Å². The lowest BCUT2D eigenvalue weighted by Gasteiger charge is -2.11. The number of carbonyl (C=O) groups is 1. The van der Waals surface area contributed by atoms with E-state index in [2.05, 4.69) is 10.4 Å². The summed E-state index contributed by atoms with van der Waals surface area (Å²) >= 11 is 0. The molecule has 1 unspecified atom stereocenters. The molecule has 1 fully saturated rings. The Morgan fingerprint density at radius 3 is 2.86 bits per heavy atom. The third-order valence-electron chi connectivity index (χ3n) is 4.06. The van der Waals surface area contributed by atoms with E-state index in [1.165, 1.54) is 12.8 Å². The van der Waals surface area contributed by atoms with Crippen molar-refractivity contribution in [2.45, 2.75) is 31.7 Å². The van der Waals surface area contributed by atoms with Gasteiger partial charge in [0.25, 0.3) is 0 Å². The second-order valence-electron chi connectivity index (χ2n) is 5.93. The molecule has 2 aromatic rings. The van der Waals surface area contributed by atoms with Crippen LogP contribution in [0.3, 0.4) is 0 Å². The molecule has 116 valence electrons. The fraction of sp³-hybridized carbons (Fsp3) is 0.412. The Kier molecular flexibility index (Phi) is 4.53. The van der Waals surface area contributed by atoms with Gasteiger partial charge in [0.05, 0.1) is 11.9 Å². The Hall–Kier alpha value is -2.14. The van der Waals surface area contributed by atoms with Crippen LogP contribution in [0, 0.1) is 5.92 Å². The Morgan fingerprint density at radius 2 is 2.14 bits per heavy atom. The van der Waals surface area contributed by atoms with Gasteiger partial charge in [0.2, 0.25) is 5.91 Å². The number of benzene rings is 1. The van der Waals surface area contributed by atoms with Gasteiger partial charge in [0.1, 0.15) is 0 Å². The molecule has 5 nitrogen and oxygen atoms in total. The zero-order valence-electron chi connectivity index (χ0n) is 12.6. The van der Waals surface area contributed by atoms with Gasteiger partial charge in [0.15, 0.2) is 0 Å². The average Bonchev–Trinajstić information content (AvgIpc) is 3.30. The first-order valence-electron chi connectivity index (χ1n) is 7.83. The molecule has 1 aromatic heterocycles. The molecular weight excluding hydrogens is 276 g/mol. The number of hydrogen-bond acceptors (Lipinski definition) is 3. The van der Waals surface area contributed by atoms with Crippen LogP contribution in [0.5, 0.6) is 0 Å². The number of carbonyl (C=O) groups excluding carboxylic acids is 1. The largest absolute Gasteiger partial charge is 0.355 e. The maximum absolute atomic E-state index is 11.8. The van der Waals surface area contributed by atoms with Gasteiger partial charge in [-0.3, -0.25) is 4.79 Å². The number of nitrogens with one attached hydrogen (secondary N) is 1.